The summed E-state index contributed by atoms with van der Waals surface area (Å²) in [7, 11) is 0. The van der Waals surface area contributed by atoms with Gasteiger partial charge in [-0.25, -0.2) is 9.37 Å². The zero-order valence-corrected chi connectivity index (χ0v) is 11.1. The van der Waals surface area contributed by atoms with Crippen LogP contribution in [0.3, 0.4) is 0 Å². The zero-order chi connectivity index (χ0) is 12.3. The topological polar surface area (TPSA) is 12.9 Å². The first kappa shape index (κ1) is 12.5. The Hall–Kier alpha value is -0.930. The van der Waals surface area contributed by atoms with Crippen molar-refractivity contribution in [2.24, 2.45) is 0 Å². The van der Waals surface area contributed by atoms with E-state index in [1.54, 1.807) is 19.1 Å². The summed E-state index contributed by atoms with van der Waals surface area (Å²) in [6.07, 6.45) is 1.76. The molecule has 1 aromatic heterocycles. The van der Waals surface area contributed by atoms with Crippen molar-refractivity contribution >= 4 is 22.9 Å². The van der Waals surface area contributed by atoms with Crippen molar-refractivity contribution in [3.63, 3.8) is 0 Å². The van der Waals surface area contributed by atoms with Gasteiger partial charge in [0.2, 0.25) is 0 Å². The molecule has 0 bridgehead atoms. The highest BCUT2D eigenvalue weighted by Gasteiger charge is 2.10. The molecule has 0 N–H and O–H groups in total. The number of benzene rings is 1. The third-order valence-corrected chi connectivity index (χ3v) is 3.73. The molecule has 0 aliphatic heterocycles. The van der Waals surface area contributed by atoms with Gasteiger partial charge in [0.25, 0.3) is 0 Å². The Bertz CT molecular complexity index is 510. The Balaban J connectivity index is 2.27. The van der Waals surface area contributed by atoms with E-state index in [9.17, 15) is 4.39 Å². The van der Waals surface area contributed by atoms with Crippen molar-refractivity contribution in [2.75, 3.05) is 5.88 Å². The number of aryl methyl sites for hydroxylation is 2. The molecule has 2 aromatic rings. The lowest BCUT2D eigenvalue weighted by atomic mass is 10.1. The van der Waals surface area contributed by atoms with Gasteiger partial charge in [-0.05, 0) is 31.4 Å². The van der Waals surface area contributed by atoms with Gasteiger partial charge in [0, 0.05) is 16.8 Å². The Morgan fingerprint density at radius 2 is 2.24 bits per heavy atom. The zero-order valence-electron chi connectivity index (χ0n) is 9.54. The number of aromatic nitrogens is 1. The molecular formula is C13H13ClFNS. The summed E-state index contributed by atoms with van der Waals surface area (Å²) in [4.78, 5) is 4.44. The van der Waals surface area contributed by atoms with Gasteiger partial charge in [0.05, 0.1) is 5.69 Å². The van der Waals surface area contributed by atoms with E-state index < -0.39 is 0 Å². The molecule has 0 unspecified atom stereocenters. The predicted octanol–water partition coefficient (Wildman–Crippen LogP) is 4.43. The maximum atomic E-state index is 13.9. The number of halogens is 2. The molecule has 0 atom stereocenters. The quantitative estimate of drug-likeness (QED) is 0.749. The van der Waals surface area contributed by atoms with Crippen LogP contribution in [0.1, 0.15) is 17.7 Å². The molecule has 1 heterocycles. The molecule has 0 spiro atoms. The molecule has 0 saturated carbocycles. The number of thiazole rings is 1. The van der Waals surface area contributed by atoms with Gasteiger partial charge in [0.15, 0.2) is 0 Å². The molecule has 0 amide bonds. The van der Waals surface area contributed by atoms with E-state index in [4.69, 9.17) is 11.6 Å². The molecule has 17 heavy (non-hydrogen) atoms. The number of alkyl halides is 1. The Kier molecular flexibility index (Phi) is 4.13. The van der Waals surface area contributed by atoms with Crippen LogP contribution in [0, 0.1) is 12.7 Å². The molecular weight excluding hydrogens is 257 g/mol. The fourth-order valence-corrected chi connectivity index (χ4v) is 2.61. The lowest BCUT2D eigenvalue weighted by Gasteiger charge is -2.01. The molecule has 0 radical (unpaired) electrons. The van der Waals surface area contributed by atoms with Crippen molar-refractivity contribution in [3.8, 4) is 10.6 Å². The van der Waals surface area contributed by atoms with Crippen LogP contribution in [-0.2, 0) is 6.42 Å². The van der Waals surface area contributed by atoms with Crippen molar-refractivity contribution in [1.29, 1.82) is 0 Å². The van der Waals surface area contributed by atoms with E-state index in [0.717, 1.165) is 23.5 Å². The number of rotatable bonds is 4. The Labute approximate surface area is 109 Å². The lowest BCUT2D eigenvalue weighted by molar-refractivity contribution is 0.622. The lowest BCUT2D eigenvalue weighted by Crippen LogP contribution is -1.89. The van der Waals surface area contributed by atoms with Gasteiger partial charge in [0.1, 0.15) is 10.8 Å². The minimum absolute atomic E-state index is 0.175. The second-order valence-corrected chi connectivity index (χ2v) is 5.11. The van der Waals surface area contributed by atoms with Crippen molar-refractivity contribution < 1.29 is 4.39 Å². The number of nitrogens with zero attached hydrogens (tertiary/aromatic N) is 1. The van der Waals surface area contributed by atoms with Gasteiger partial charge in [-0.2, -0.15) is 0 Å². The molecule has 0 fully saturated rings. The number of hydrogen-bond acceptors (Lipinski definition) is 2. The van der Waals surface area contributed by atoms with Crippen LogP contribution in [0.2, 0.25) is 0 Å². The van der Waals surface area contributed by atoms with Crippen LogP contribution in [0.25, 0.3) is 10.6 Å². The third kappa shape index (κ3) is 2.85. The first-order chi connectivity index (χ1) is 8.22. The van der Waals surface area contributed by atoms with Gasteiger partial charge in [-0.3, -0.25) is 0 Å². The van der Waals surface area contributed by atoms with Crippen LogP contribution >= 0.6 is 22.9 Å². The molecule has 4 heteroatoms. The number of hydrogen-bond donors (Lipinski definition) is 0. The van der Waals surface area contributed by atoms with Gasteiger partial charge in [-0.15, -0.1) is 22.9 Å². The Morgan fingerprint density at radius 1 is 1.41 bits per heavy atom. The average Bonchev–Trinajstić information content (AvgIpc) is 2.78. The van der Waals surface area contributed by atoms with E-state index in [2.05, 4.69) is 4.98 Å². The van der Waals surface area contributed by atoms with Crippen LogP contribution < -0.4 is 0 Å². The SMILES string of the molecule is Cc1cccc(-c2nc(CCCCl)cs2)c1F. The fourth-order valence-electron chi connectivity index (χ4n) is 1.61. The van der Waals surface area contributed by atoms with E-state index in [-0.39, 0.29) is 5.82 Å². The van der Waals surface area contributed by atoms with Crippen LogP contribution in [0.4, 0.5) is 4.39 Å². The summed E-state index contributed by atoms with van der Waals surface area (Å²) in [6.45, 7) is 1.76. The Morgan fingerprint density at radius 3 is 3.00 bits per heavy atom. The fraction of sp³-hybridized carbons (Fsp3) is 0.308. The summed E-state index contributed by atoms with van der Waals surface area (Å²) >= 11 is 7.12. The minimum atomic E-state index is -0.175. The van der Waals surface area contributed by atoms with Crippen molar-refractivity contribution in [2.45, 2.75) is 19.8 Å². The third-order valence-electron chi connectivity index (χ3n) is 2.54. The molecule has 1 nitrogen and oxygen atoms in total. The second kappa shape index (κ2) is 5.61. The maximum Gasteiger partial charge on any atom is 0.136 e. The largest absolute Gasteiger partial charge is 0.241 e. The highest BCUT2D eigenvalue weighted by atomic mass is 35.5. The smallest absolute Gasteiger partial charge is 0.136 e. The van der Waals surface area contributed by atoms with Crippen LogP contribution in [0.15, 0.2) is 23.6 Å². The van der Waals surface area contributed by atoms with Crippen molar-refractivity contribution in [3.05, 3.63) is 40.7 Å². The highest BCUT2D eigenvalue weighted by molar-refractivity contribution is 7.13. The monoisotopic (exact) mass is 269 g/mol. The summed E-state index contributed by atoms with van der Waals surface area (Å²) in [5.41, 5.74) is 2.23. The molecule has 0 saturated heterocycles. The van der Waals surface area contributed by atoms with Gasteiger partial charge < -0.3 is 0 Å². The molecule has 90 valence electrons. The van der Waals surface area contributed by atoms with Crippen LogP contribution in [0.5, 0.6) is 0 Å². The van der Waals surface area contributed by atoms with E-state index >= 15 is 0 Å². The molecule has 2 rings (SSSR count). The second-order valence-electron chi connectivity index (χ2n) is 3.87. The van der Waals surface area contributed by atoms with E-state index in [1.165, 1.54) is 11.3 Å². The highest BCUT2D eigenvalue weighted by Crippen LogP contribution is 2.28. The van der Waals surface area contributed by atoms with Crippen molar-refractivity contribution in [1.82, 2.24) is 4.98 Å². The van der Waals surface area contributed by atoms with E-state index in [1.807, 2.05) is 11.4 Å². The molecule has 1 aromatic carbocycles. The predicted molar refractivity (Wildman–Crippen MR) is 71.3 cm³/mol. The van der Waals surface area contributed by atoms with Crippen LogP contribution in [-0.4, -0.2) is 10.9 Å². The normalized spacial score (nSPS) is 10.8. The summed E-state index contributed by atoms with van der Waals surface area (Å²) in [5, 5.41) is 2.72. The average molecular weight is 270 g/mol. The van der Waals surface area contributed by atoms with Gasteiger partial charge in [-0.1, -0.05) is 12.1 Å². The summed E-state index contributed by atoms with van der Waals surface area (Å²) < 4.78 is 13.9. The molecule has 0 aliphatic carbocycles. The van der Waals surface area contributed by atoms with E-state index in [0.29, 0.717) is 17.0 Å². The van der Waals surface area contributed by atoms with Gasteiger partial charge >= 0.3 is 0 Å². The summed E-state index contributed by atoms with van der Waals surface area (Å²) in [5.74, 6) is 0.455. The first-order valence-electron chi connectivity index (χ1n) is 5.48. The minimum Gasteiger partial charge on any atom is -0.241 e. The first-order valence-corrected chi connectivity index (χ1v) is 6.89. The summed E-state index contributed by atoms with van der Waals surface area (Å²) in [6, 6.07) is 5.39. The molecule has 0 aliphatic rings. The maximum absolute atomic E-state index is 13.9. The standard InChI is InChI=1S/C13H13ClFNS/c1-9-4-2-6-11(12(9)15)13-16-10(8-17-13)5-3-7-14/h2,4,6,8H,3,5,7H2,1H3.